The van der Waals surface area contributed by atoms with Gasteiger partial charge in [-0.2, -0.15) is 0 Å². The van der Waals surface area contributed by atoms with E-state index in [9.17, 15) is 9.18 Å². The van der Waals surface area contributed by atoms with Gasteiger partial charge in [0, 0.05) is 6.20 Å². The topological polar surface area (TPSA) is 64.1 Å². The Labute approximate surface area is 118 Å². The maximum atomic E-state index is 13.3. The number of ether oxygens (including phenoxy) is 1. The number of carbonyl (C=O) groups is 1. The molecule has 2 aromatic rings. The molecule has 0 bridgehead atoms. The lowest BCUT2D eigenvalue weighted by Crippen LogP contribution is -2.21. The van der Waals surface area contributed by atoms with Crippen LogP contribution in [0, 0.1) is 5.82 Å². The van der Waals surface area contributed by atoms with Crippen molar-refractivity contribution >= 4 is 17.7 Å². The number of benzene rings is 1. The number of hydrogen-bond donors (Lipinski definition) is 1. The summed E-state index contributed by atoms with van der Waals surface area (Å²) in [6.07, 6.45) is 0.183. The average Bonchev–Trinajstić information content (AvgIpc) is 2.81. The smallest absolute Gasteiger partial charge is 0.408 e. The molecule has 5 nitrogen and oxygen atoms in total. The van der Waals surface area contributed by atoms with Gasteiger partial charge < -0.3 is 10.1 Å². The van der Waals surface area contributed by atoms with Gasteiger partial charge >= 0.3 is 6.09 Å². The Bertz CT molecular complexity index is 612. The lowest BCUT2D eigenvalue weighted by Gasteiger charge is -2.16. The van der Waals surface area contributed by atoms with Crippen LogP contribution in [0.1, 0.15) is 23.5 Å². The van der Waals surface area contributed by atoms with Crippen molar-refractivity contribution < 1.29 is 13.9 Å². The number of nitrogens with one attached hydrogen (secondary N) is 1. The molecular formula is C13H9ClFN3O2. The van der Waals surface area contributed by atoms with Crippen LogP contribution < -0.4 is 5.32 Å². The summed E-state index contributed by atoms with van der Waals surface area (Å²) in [5.74, 6) is -0.0891. The summed E-state index contributed by atoms with van der Waals surface area (Å²) in [4.78, 5) is 19.6. The van der Waals surface area contributed by atoms with Crippen LogP contribution in [0.2, 0.25) is 5.15 Å². The molecule has 1 saturated heterocycles. The van der Waals surface area contributed by atoms with E-state index in [1.807, 2.05) is 0 Å². The highest BCUT2D eigenvalue weighted by molar-refractivity contribution is 6.29. The summed E-state index contributed by atoms with van der Waals surface area (Å²) in [5, 5.41) is 2.86. The molecule has 0 spiro atoms. The van der Waals surface area contributed by atoms with Gasteiger partial charge in [-0.3, -0.25) is 0 Å². The number of rotatable bonds is 2. The molecule has 1 aliphatic heterocycles. The van der Waals surface area contributed by atoms with E-state index in [1.54, 1.807) is 12.1 Å². The van der Waals surface area contributed by atoms with Gasteiger partial charge in [0.15, 0.2) is 11.9 Å². The van der Waals surface area contributed by atoms with Crippen molar-refractivity contribution in [2.45, 2.75) is 12.1 Å². The van der Waals surface area contributed by atoms with Crippen LogP contribution in [0.3, 0.4) is 0 Å². The van der Waals surface area contributed by atoms with E-state index in [0.29, 0.717) is 11.4 Å². The van der Waals surface area contributed by atoms with Crippen LogP contribution >= 0.6 is 11.6 Å². The molecule has 2 unspecified atom stereocenters. The highest BCUT2D eigenvalue weighted by Crippen LogP contribution is 2.35. The molecule has 2 heterocycles. The highest BCUT2D eigenvalue weighted by Gasteiger charge is 2.38. The van der Waals surface area contributed by atoms with Crippen LogP contribution in [0.4, 0.5) is 9.18 Å². The normalized spacial score (nSPS) is 21.4. The number of halogens is 2. The molecule has 0 saturated carbocycles. The lowest BCUT2D eigenvalue weighted by atomic mass is 10.0. The fourth-order valence-electron chi connectivity index (χ4n) is 2.06. The molecule has 7 heteroatoms. The van der Waals surface area contributed by atoms with Crippen LogP contribution in [0.15, 0.2) is 36.5 Å². The van der Waals surface area contributed by atoms with E-state index in [4.69, 9.17) is 16.3 Å². The first-order valence-electron chi connectivity index (χ1n) is 5.84. The zero-order valence-electron chi connectivity index (χ0n) is 10.1. The highest BCUT2D eigenvalue weighted by atomic mass is 35.5. The predicted molar refractivity (Wildman–Crippen MR) is 68.5 cm³/mol. The third-order valence-electron chi connectivity index (χ3n) is 2.91. The molecule has 0 radical (unpaired) electrons. The summed E-state index contributed by atoms with van der Waals surface area (Å²) in [6.45, 7) is 0. The van der Waals surface area contributed by atoms with E-state index in [2.05, 4.69) is 15.3 Å². The molecule has 3 rings (SSSR count). The van der Waals surface area contributed by atoms with Gasteiger partial charge in [0.05, 0.1) is 0 Å². The van der Waals surface area contributed by atoms with Crippen molar-refractivity contribution in [2.24, 2.45) is 0 Å². The minimum atomic E-state index is -0.698. The van der Waals surface area contributed by atoms with Gasteiger partial charge in [0.1, 0.15) is 17.0 Å². The largest absolute Gasteiger partial charge is 0.439 e. The number of hydrogen-bond acceptors (Lipinski definition) is 4. The number of aromatic nitrogens is 2. The molecular weight excluding hydrogens is 285 g/mol. The maximum absolute atomic E-state index is 13.3. The van der Waals surface area contributed by atoms with Gasteiger partial charge in [-0.05, 0) is 23.8 Å². The van der Waals surface area contributed by atoms with Gasteiger partial charge in [0.2, 0.25) is 0 Å². The minimum Gasteiger partial charge on any atom is -0.439 e. The van der Waals surface area contributed by atoms with Crippen molar-refractivity contribution in [3.8, 4) is 0 Å². The maximum Gasteiger partial charge on any atom is 0.408 e. The Morgan fingerprint density at radius 2 is 2.20 bits per heavy atom. The van der Waals surface area contributed by atoms with Gasteiger partial charge in [-0.1, -0.05) is 23.7 Å². The Morgan fingerprint density at radius 1 is 1.35 bits per heavy atom. The fraction of sp³-hybridized carbons (Fsp3) is 0.154. The fourth-order valence-corrected chi connectivity index (χ4v) is 2.21. The van der Waals surface area contributed by atoms with E-state index < -0.39 is 24.1 Å². The number of nitrogens with zero attached hydrogens (tertiary/aromatic N) is 2. The van der Waals surface area contributed by atoms with Crippen LogP contribution in [-0.4, -0.2) is 16.1 Å². The quantitative estimate of drug-likeness (QED) is 0.865. The molecule has 1 aromatic heterocycles. The second-order valence-corrected chi connectivity index (χ2v) is 4.63. The van der Waals surface area contributed by atoms with Gasteiger partial charge in [0.25, 0.3) is 0 Å². The van der Waals surface area contributed by atoms with Crippen molar-refractivity contribution in [1.82, 2.24) is 15.3 Å². The molecule has 1 aromatic carbocycles. The van der Waals surface area contributed by atoms with Gasteiger partial charge in [-0.15, -0.1) is 0 Å². The zero-order chi connectivity index (χ0) is 14.1. The van der Waals surface area contributed by atoms with Crippen molar-refractivity contribution in [3.05, 3.63) is 58.9 Å². The molecule has 20 heavy (non-hydrogen) atoms. The lowest BCUT2D eigenvalue weighted by molar-refractivity contribution is 0.131. The van der Waals surface area contributed by atoms with Crippen LogP contribution in [0.5, 0.6) is 0 Å². The van der Waals surface area contributed by atoms with E-state index in [0.717, 1.165) is 0 Å². The average molecular weight is 294 g/mol. The predicted octanol–water partition coefficient (Wildman–Crippen LogP) is 2.79. The number of alkyl carbamates (subject to hydrolysis) is 1. The van der Waals surface area contributed by atoms with E-state index >= 15 is 0 Å². The number of carbonyl (C=O) groups excluding carboxylic acids is 1. The summed E-state index contributed by atoms with van der Waals surface area (Å²) >= 11 is 5.81. The zero-order valence-corrected chi connectivity index (χ0v) is 10.8. The SMILES string of the molecule is O=C1NC(c2nccc(Cl)n2)C(c2cccc(F)c2)O1. The third kappa shape index (κ3) is 2.42. The Morgan fingerprint density at radius 3 is 2.95 bits per heavy atom. The van der Waals surface area contributed by atoms with Crippen molar-refractivity contribution in [2.75, 3.05) is 0 Å². The number of amides is 1. The van der Waals surface area contributed by atoms with Crippen molar-refractivity contribution in [3.63, 3.8) is 0 Å². The summed E-state index contributed by atoms with van der Waals surface area (Å²) < 4.78 is 18.5. The summed E-state index contributed by atoms with van der Waals surface area (Å²) in [7, 11) is 0. The van der Waals surface area contributed by atoms with Crippen LogP contribution in [-0.2, 0) is 4.74 Å². The summed E-state index contributed by atoms with van der Waals surface area (Å²) in [5.41, 5.74) is 0.525. The third-order valence-corrected chi connectivity index (χ3v) is 3.12. The van der Waals surface area contributed by atoms with Crippen molar-refractivity contribution in [1.29, 1.82) is 0 Å². The molecule has 1 aliphatic rings. The first-order valence-corrected chi connectivity index (χ1v) is 6.22. The second kappa shape index (κ2) is 5.05. The molecule has 0 aliphatic carbocycles. The molecule has 1 N–H and O–H groups in total. The standard InChI is InChI=1S/C13H9ClFN3O2/c14-9-4-5-16-12(17-9)10-11(20-13(19)18-10)7-2-1-3-8(15)6-7/h1-6,10-11H,(H,18,19). The summed E-state index contributed by atoms with van der Waals surface area (Å²) in [6, 6.07) is 6.77. The first kappa shape index (κ1) is 12.8. The molecule has 102 valence electrons. The number of cyclic esters (lactones) is 1. The van der Waals surface area contributed by atoms with Gasteiger partial charge in [-0.25, -0.2) is 19.2 Å². The van der Waals surface area contributed by atoms with Crippen LogP contribution in [0.25, 0.3) is 0 Å². The van der Waals surface area contributed by atoms with E-state index in [-0.39, 0.29) is 5.15 Å². The van der Waals surface area contributed by atoms with E-state index in [1.165, 1.54) is 24.4 Å². The second-order valence-electron chi connectivity index (χ2n) is 4.24. The molecule has 1 fully saturated rings. The minimum absolute atomic E-state index is 0.258. The monoisotopic (exact) mass is 293 g/mol. The molecule has 2 atom stereocenters. The Hall–Kier alpha value is -2.21. The Balaban J connectivity index is 1.99. The Kier molecular flexibility index (Phi) is 3.23. The first-order chi connectivity index (χ1) is 9.63. The molecule has 1 amide bonds.